The minimum atomic E-state index is -0.268. The van der Waals surface area contributed by atoms with Crippen LogP contribution in [0.1, 0.15) is 39.7 Å². The van der Waals surface area contributed by atoms with Gasteiger partial charge in [-0.1, -0.05) is 13.0 Å². The molecule has 1 saturated carbocycles. The molecular weight excluding hydrogens is 241 g/mol. The Labute approximate surface area is 115 Å². The van der Waals surface area contributed by atoms with Crippen LogP contribution in [0.15, 0.2) is 18.2 Å². The van der Waals surface area contributed by atoms with Gasteiger partial charge in [-0.3, -0.25) is 0 Å². The fraction of sp³-hybridized carbons (Fsp3) is 0.625. The zero-order valence-corrected chi connectivity index (χ0v) is 12.5. The average Bonchev–Trinajstić information content (AvgIpc) is 2.98. The van der Waals surface area contributed by atoms with Crippen molar-refractivity contribution in [2.75, 3.05) is 13.7 Å². The number of rotatable bonds is 4. The van der Waals surface area contributed by atoms with E-state index in [4.69, 9.17) is 4.74 Å². The van der Waals surface area contributed by atoms with Crippen LogP contribution in [-0.2, 0) is 5.41 Å². The number of methoxy groups -OCH3 is 1. The molecule has 1 aliphatic carbocycles. The molecule has 106 valence electrons. The van der Waals surface area contributed by atoms with E-state index in [0.717, 1.165) is 18.5 Å². The number of hydrogen-bond acceptors (Lipinski definition) is 2. The molecule has 2 atom stereocenters. The zero-order valence-electron chi connectivity index (χ0n) is 12.5. The first-order valence-electron chi connectivity index (χ1n) is 6.85. The van der Waals surface area contributed by atoms with Gasteiger partial charge in [-0.2, -0.15) is 0 Å². The highest BCUT2D eigenvalue weighted by atomic mass is 19.1. The van der Waals surface area contributed by atoms with Crippen molar-refractivity contribution in [2.24, 2.45) is 5.92 Å². The van der Waals surface area contributed by atoms with E-state index in [1.807, 2.05) is 6.07 Å². The quantitative estimate of drug-likeness (QED) is 0.899. The molecule has 0 bridgehead atoms. The number of nitrogens with one attached hydrogen (secondary N) is 1. The Kier molecular flexibility index (Phi) is 3.61. The van der Waals surface area contributed by atoms with Gasteiger partial charge in [0.2, 0.25) is 0 Å². The maximum Gasteiger partial charge on any atom is 0.165 e. The van der Waals surface area contributed by atoms with Gasteiger partial charge in [0.05, 0.1) is 7.11 Å². The first-order valence-corrected chi connectivity index (χ1v) is 6.85. The van der Waals surface area contributed by atoms with E-state index in [0.29, 0.717) is 11.7 Å². The molecular formula is C16H24FNO. The standard InChI is InChI=1S/C16H24FNO/c1-15(2,3)18-10-12-9-16(12,4)11-6-7-14(19-5)13(17)8-11/h6-8,12,18H,9-10H2,1-5H3. The highest BCUT2D eigenvalue weighted by molar-refractivity contribution is 5.38. The number of halogens is 1. The summed E-state index contributed by atoms with van der Waals surface area (Å²) in [7, 11) is 1.49. The van der Waals surface area contributed by atoms with Gasteiger partial charge in [-0.05, 0) is 62.8 Å². The van der Waals surface area contributed by atoms with Gasteiger partial charge >= 0.3 is 0 Å². The van der Waals surface area contributed by atoms with Gasteiger partial charge in [-0.25, -0.2) is 4.39 Å². The third-order valence-corrected chi connectivity index (χ3v) is 4.10. The first-order chi connectivity index (χ1) is 8.76. The molecule has 3 heteroatoms. The Balaban J connectivity index is 2.05. The molecule has 0 radical (unpaired) electrons. The van der Waals surface area contributed by atoms with Crippen LogP contribution < -0.4 is 10.1 Å². The Morgan fingerprint density at radius 1 is 1.42 bits per heavy atom. The van der Waals surface area contributed by atoms with Crippen molar-refractivity contribution in [1.29, 1.82) is 0 Å². The third-order valence-electron chi connectivity index (χ3n) is 4.10. The molecule has 0 spiro atoms. The van der Waals surface area contributed by atoms with Crippen LogP contribution >= 0.6 is 0 Å². The molecule has 1 aliphatic rings. The summed E-state index contributed by atoms with van der Waals surface area (Å²) >= 11 is 0. The van der Waals surface area contributed by atoms with E-state index in [1.54, 1.807) is 12.1 Å². The summed E-state index contributed by atoms with van der Waals surface area (Å²) in [6.45, 7) is 9.69. The van der Waals surface area contributed by atoms with E-state index in [1.165, 1.54) is 7.11 Å². The van der Waals surface area contributed by atoms with Crippen LogP contribution in [0.2, 0.25) is 0 Å². The molecule has 0 heterocycles. The summed E-state index contributed by atoms with van der Waals surface area (Å²) in [6.07, 6.45) is 1.11. The SMILES string of the molecule is COc1ccc(C2(C)CC2CNC(C)(C)C)cc1F. The predicted molar refractivity (Wildman–Crippen MR) is 76.2 cm³/mol. The molecule has 19 heavy (non-hydrogen) atoms. The predicted octanol–water partition coefficient (Wildman–Crippen LogP) is 3.50. The minimum Gasteiger partial charge on any atom is -0.494 e. The fourth-order valence-corrected chi connectivity index (χ4v) is 2.55. The Bertz CT molecular complexity index is 466. The third kappa shape index (κ3) is 3.08. The minimum absolute atomic E-state index is 0.103. The first kappa shape index (κ1) is 14.3. The van der Waals surface area contributed by atoms with Crippen LogP contribution in [-0.4, -0.2) is 19.2 Å². The van der Waals surface area contributed by atoms with E-state index in [9.17, 15) is 4.39 Å². The molecule has 2 nitrogen and oxygen atoms in total. The second-order valence-corrected chi connectivity index (χ2v) is 6.80. The summed E-state index contributed by atoms with van der Waals surface area (Å²) in [5.41, 5.74) is 1.31. The van der Waals surface area contributed by atoms with Gasteiger partial charge < -0.3 is 10.1 Å². The number of hydrogen-bond donors (Lipinski definition) is 1. The topological polar surface area (TPSA) is 21.3 Å². The maximum atomic E-state index is 13.8. The van der Waals surface area contributed by atoms with Gasteiger partial charge in [-0.15, -0.1) is 0 Å². The van der Waals surface area contributed by atoms with Crippen LogP contribution in [0.4, 0.5) is 4.39 Å². The second kappa shape index (κ2) is 4.78. The molecule has 1 aromatic rings. The van der Waals surface area contributed by atoms with E-state index in [2.05, 4.69) is 33.0 Å². The number of benzene rings is 1. The second-order valence-electron chi connectivity index (χ2n) is 6.80. The smallest absolute Gasteiger partial charge is 0.165 e. The Hall–Kier alpha value is -1.09. The van der Waals surface area contributed by atoms with E-state index in [-0.39, 0.29) is 16.8 Å². The van der Waals surface area contributed by atoms with Crippen molar-refractivity contribution in [2.45, 2.75) is 45.1 Å². The van der Waals surface area contributed by atoms with Crippen molar-refractivity contribution < 1.29 is 9.13 Å². The lowest BCUT2D eigenvalue weighted by Gasteiger charge is -2.22. The molecule has 2 rings (SSSR count). The lowest BCUT2D eigenvalue weighted by atomic mass is 9.95. The number of ether oxygens (including phenoxy) is 1. The lowest BCUT2D eigenvalue weighted by Crippen LogP contribution is -2.37. The molecule has 1 fully saturated rings. The van der Waals surface area contributed by atoms with Crippen molar-refractivity contribution in [3.8, 4) is 5.75 Å². The molecule has 0 saturated heterocycles. The van der Waals surface area contributed by atoms with Gasteiger partial charge in [0.15, 0.2) is 11.6 Å². The highest BCUT2D eigenvalue weighted by Gasteiger charge is 2.51. The van der Waals surface area contributed by atoms with Gasteiger partial charge in [0, 0.05) is 5.54 Å². The van der Waals surface area contributed by atoms with Crippen molar-refractivity contribution in [3.63, 3.8) is 0 Å². The lowest BCUT2D eigenvalue weighted by molar-refractivity contribution is 0.385. The fourth-order valence-electron chi connectivity index (χ4n) is 2.55. The molecule has 0 aliphatic heterocycles. The Morgan fingerprint density at radius 2 is 2.11 bits per heavy atom. The van der Waals surface area contributed by atoms with Gasteiger partial charge in [0.25, 0.3) is 0 Å². The normalized spacial score (nSPS) is 26.3. The van der Waals surface area contributed by atoms with Gasteiger partial charge in [0.1, 0.15) is 0 Å². The molecule has 1 N–H and O–H groups in total. The van der Waals surface area contributed by atoms with Crippen LogP contribution in [0.3, 0.4) is 0 Å². The molecule has 0 amide bonds. The monoisotopic (exact) mass is 265 g/mol. The van der Waals surface area contributed by atoms with E-state index >= 15 is 0 Å². The van der Waals surface area contributed by atoms with Crippen LogP contribution in [0, 0.1) is 11.7 Å². The molecule has 0 aromatic heterocycles. The summed E-state index contributed by atoms with van der Waals surface area (Å²) < 4.78 is 18.7. The van der Waals surface area contributed by atoms with Crippen molar-refractivity contribution in [3.05, 3.63) is 29.6 Å². The highest BCUT2D eigenvalue weighted by Crippen LogP contribution is 2.54. The maximum absolute atomic E-state index is 13.8. The summed E-state index contributed by atoms with van der Waals surface area (Å²) in [5, 5.41) is 3.53. The summed E-state index contributed by atoms with van der Waals surface area (Å²) in [6, 6.07) is 5.33. The van der Waals surface area contributed by atoms with Crippen molar-refractivity contribution in [1.82, 2.24) is 5.32 Å². The molecule has 1 aromatic carbocycles. The molecule has 2 unspecified atom stereocenters. The van der Waals surface area contributed by atoms with E-state index < -0.39 is 0 Å². The van der Waals surface area contributed by atoms with Crippen molar-refractivity contribution >= 4 is 0 Å². The summed E-state index contributed by atoms with van der Waals surface area (Å²) in [4.78, 5) is 0. The Morgan fingerprint density at radius 3 is 2.63 bits per heavy atom. The average molecular weight is 265 g/mol. The van der Waals surface area contributed by atoms with Crippen LogP contribution in [0.5, 0.6) is 5.75 Å². The largest absolute Gasteiger partial charge is 0.494 e. The summed E-state index contributed by atoms with van der Waals surface area (Å²) in [5.74, 6) is 0.632. The van der Waals surface area contributed by atoms with Crippen LogP contribution in [0.25, 0.3) is 0 Å². The zero-order chi connectivity index (χ0) is 14.3.